The van der Waals surface area contributed by atoms with E-state index < -0.39 is 11.7 Å². The van der Waals surface area contributed by atoms with Crippen LogP contribution in [-0.2, 0) is 6.18 Å². The van der Waals surface area contributed by atoms with Crippen LogP contribution in [0.5, 0.6) is 0 Å². The molecule has 0 saturated heterocycles. The zero-order chi connectivity index (χ0) is 42.3. The first-order valence-electron chi connectivity index (χ1n) is 19.6. The van der Waals surface area contributed by atoms with Crippen LogP contribution in [0.25, 0.3) is 88.9 Å². The van der Waals surface area contributed by atoms with Gasteiger partial charge in [-0.2, -0.15) is 18.4 Å². The Hall–Kier alpha value is -7.78. The summed E-state index contributed by atoms with van der Waals surface area (Å²) in [5, 5.41) is 14.5. The van der Waals surface area contributed by atoms with Crippen LogP contribution >= 0.6 is 0 Å². The van der Waals surface area contributed by atoms with Crippen molar-refractivity contribution in [2.75, 3.05) is 0 Å². The van der Waals surface area contributed by atoms with E-state index in [1.807, 2.05) is 113 Å². The van der Waals surface area contributed by atoms with Gasteiger partial charge in [0.15, 0.2) is 11.6 Å². The molecule has 296 valence electrons. The first-order valence-corrected chi connectivity index (χ1v) is 19.6. The molecule has 0 spiro atoms. The van der Waals surface area contributed by atoms with Crippen molar-refractivity contribution >= 4 is 43.6 Å². The summed E-state index contributed by atoms with van der Waals surface area (Å²) >= 11 is 0. The number of hydrogen-bond acceptors (Lipinski definition) is 7. The van der Waals surface area contributed by atoms with Crippen LogP contribution in [0, 0.1) is 45.9 Å². The zero-order valence-electron chi connectivity index (χ0n) is 33.6. The van der Waals surface area contributed by atoms with E-state index in [9.17, 15) is 18.4 Å². The summed E-state index contributed by atoms with van der Waals surface area (Å²) in [4.78, 5) is 27.2. The molecule has 0 saturated carbocycles. The molecule has 0 unspecified atom stereocenters. The number of halogens is 3. The van der Waals surface area contributed by atoms with Crippen LogP contribution in [-0.4, -0.2) is 39.0 Å². The SMILES string of the molecule is Cc1nc(C)nc(-c2ccc3c(c2)c2ccccc2n3-c2cc(C#N)cc(-n3c4ccccc4c4cc(-c5nc(C)nc(C)n5)ccc43)c2-c2ccc(C(F)(F)F)cc2C)n1. The number of aryl methyl sites for hydroxylation is 5. The van der Waals surface area contributed by atoms with Gasteiger partial charge >= 0.3 is 6.18 Å². The smallest absolute Gasteiger partial charge is 0.308 e. The number of alkyl halides is 3. The predicted octanol–water partition coefficient (Wildman–Crippen LogP) is 11.7. The Morgan fingerprint density at radius 1 is 0.492 bits per heavy atom. The van der Waals surface area contributed by atoms with Gasteiger partial charge in [0.2, 0.25) is 0 Å². The van der Waals surface area contributed by atoms with Crippen molar-refractivity contribution in [3.63, 3.8) is 0 Å². The van der Waals surface area contributed by atoms with Gasteiger partial charge in [0.1, 0.15) is 23.3 Å². The Bertz CT molecular complexity index is 3270. The number of rotatable bonds is 5. The highest BCUT2D eigenvalue weighted by atomic mass is 19.4. The third-order valence-corrected chi connectivity index (χ3v) is 11.1. The molecule has 4 heterocycles. The molecule has 6 aromatic carbocycles. The Labute approximate surface area is 347 Å². The third kappa shape index (κ3) is 6.25. The molecule has 10 rings (SSSR count). The van der Waals surface area contributed by atoms with Gasteiger partial charge in [-0.1, -0.05) is 42.5 Å². The second-order valence-corrected chi connectivity index (χ2v) is 15.2. The average Bonchev–Trinajstić information content (AvgIpc) is 3.74. The molecule has 0 amide bonds. The molecule has 0 aliphatic rings. The highest BCUT2D eigenvalue weighted by Crippen LogP contribution is 2.45. The fraction of sp³-hybridized carbons (Fsp3) is 0.122. The summed E-state index contributed by atoms with van der Waals surface area (Å²) in [6.45, 7) is 9.03. The van der Waals surface area contributed by atoms with E-state index in [2.05, 4.69) is 57.2 Å². The largest absolute Gasteiger partial charge is 0.416 e. The highest BCUT2D eigenvalue weighted by molar-refractivity contribution is 6.13. The van der Waals surface area contributed by atoms with E-state index in [1.165, 1.54) is 6.07 Å². The highest BCUT2D eigenvalue weighted by Gasteiger charge is 2.32. The molecule has 9 nitrogen and oxygen atoms in total. The number of fused-ring (bicyclic) bond motifs is 6. The van der Waals surface area contributed by atoms with E-state index in [-0.39, 0.29) is 0 Å². The maximum atomic E-state index is 14.2. The second-order valence-electron chi connectivity index (χ2n) is 15.2. The third-order valence-electron chi connectivity index (χ3n) is 11.1. The second kappa shape index (κ2) is 13.9. The van der Waals surface area contributed by atoms with Crippen LogP contribution in [0.4, 0.5) is 13.2 Å². The standard InChI is InChI=1S/C49H34F3N9/c1-26-20-34(49(50,51)52)16-17-35(26)46-44(60-40-12-8-6-10-36(40)38-23-32(14-18-42(38)60)47-56-27(2)54-28(3)57-47)21-31(25-53)22-45(46)61-41-13-9-7-11-37(41)39-24-33(15-19-43(39)61)48-58-29(4)55-30(5)59-48/h6-24H,1-5H3. The summed E-state index contributed by atoms with van der Waals surface area (Å²) in [7, 11) is 0. The van der Waals surface area contributed by atoms with Gasteiger partial charge in [-0.05, 0) is 119 Å². The van der Waals surface area contributed by atoms with Crippen molar-refractivity contribution in [2.24, 2.45) is 0 Å². The van der Waals surface area contributed by atoms with Crippen molar-refractivity contribution < 1.29 is 13.2 Å². The van der Waals surface area contributed by atoms with Crippen LogP contribution in [0.15, 0.2) is 115 Å². The van der Waals surface area contributed by atoms with Gasteiger partial charge in [0.25, 0.3) is 0 Å². The molecule has 61 heavy (non-hydrogen) atoms. The van der Waals surface area contributed by atoms with Gasteiger partial charge in [-0.25, -0.2) is 29.9 Å². The van der Waals surface area contributed by atoms with E-state index in [0.717, 1.165) is 60.8 Å². The molecule has 0 bridgehead atoms. The van der Waals surface area contributed by atoms with Gasteiger partial charge in [0, 0.05) is 38.2 Å². The Balaban J connectivity index is 1.32. The summed E-state index contributed by atoms with van der Waals surface area (Å²) in [5.74, 6) is 3.54. The van der Waals surface area contributed by atoms with E-state index in [4.69, 9.17) is 0 Å². The van der Waals surface area contributed by atoms with Gasteiger partial charge in [0.05, 0.1) is 50.6 Å². The van der Waals surface area contributed by atoms with Crippen molar-refractivity contribution in [3.8, 4) is 51.3 Å². The molecular formula is C49H34F3N9. The summed E-state index contributed by atoms with van der Waals surface area (Å²) < 4.78 is 46.9. The Morgan fingerprint density at radius 2 is 0.934 bits per heavy atom. The maximum absolute atomic E-state index is 14.2. The molecule has 0 fully saturated rings. The monoisotopic (exact) mass is 805 g/mol. The van der Waals surface area contributed by atoms with Gasteiger partial charge < -0.3 is 9.13 Å². The van der Waals surface area contributed by atoms with E-state index >= 15 is 0 Å². The topological polar surface area (TPSA) is 111 Å². The maximum Gasteiger partial charge on any atom is 0.416 e. The number of benzene rings is 6. The average molecular weight is 806 g/mol. The minimum Gasteiger partial charge on any atom is -0.308 e. The summed E-state index contributed by atoms with van der Waals surface area (Å²) in [6, 6.07) is 37.9. The van der Waals surface area contributed by atoms with Gasteiger partial charge in [-0.15, -0.1) is 0 Å². The lowest BCUT2D eigenvalue weighted by atomic mass is 9.93. The quantitative estimate of drug-likeness (QED) is 0.170. The molecule has 10 aromatic rings. The zero-order valence-corrected chi connectivity index (χ0v) is 33.6. The first-order chi connectivity index (χ1) is 29.4. The molecular weight excluding hydrogens is 772 g/mol. The Morgan fingerprint density at radius 3 is 1.36 bits per heavy atom. The molecule has 4 aromatic heterocycles. The van der Waals surface area contributed by atoms with Crippen molar-refractivity contribution in [1.29, 1.82) is 5.26 Å². The minimum atomic E-state index is -4.54. The van der Waals surface area contributed by atoms with E-state index in [0.29, 0.717) is 68.6 Å². The molecule has 12 heteroatoms. The number of aromatic nitrogens is 8. The molecule has 0 N–H and O–H groups in total. The first kappa shape index (κ1) is 37.5. The van der Waals surface area contributed by atoms with Crippen molar-refractivity contribution in [1.82, 2.24) is 39.0 Å². The van der Waals surface area contributed by atoms with Gasteiger partial charge in [-0.3, -0.25) is 0 Å². The fourth-order valence-electron chi connectivity index (χ4n) is 8.66. The fourth-order valence-corrected chi connectivity index (χ4v) is 8.66. The molecule has 0 aliphatic carbocycles. The number of para-hydroxylation sites is 2. The van der Waals surface area contributed by atoms with Crippen LogP contribution in [0.3, 0.4) is 0 Å². The van der Waals surface area contributed by atoms with E-state index in [1.54, 1.807) is 13.0 Å². The van der Waals surface area contributed by atoms with Crippen LogP contribution in [0.2, 0.25) is 0 Å². The molecule has 0 radical (unpaired) electrons. The van der Waals surface area contributed by atoms with Crippen LogP contribution in [0.1, 0.15) is 40.0 Å². The lowest BCUT2D eigenvalue weighted by Gasteiger charge is -2.22. The number of nitrogens with zero attached hydrogens (tertiary/aromatic N) is 9. The van der Waals surface area contributed by atoms with Crippen molar-refractivity contribution in [2.45, 2.75) is 40.8 Å². The molecule has 0 atom stereocenters. The van der Waals surface area contributed by atoms with Crippen molar-refractivity contribution in [3.05, 3.63) is 155 Å². The predicted molar refractivity (Wildman–Crippen MR) is 232 cm³/mol. The normalized spacial score (nSPS) is 11.9. The summed E-state index contributed by atoms with van der Waals surface area (Å²) in [5.41, 5.74) is 7.50. The molecule has 0 aliphatic heterocycles. The number of hydrogen-bond donors (Lipinski definition) is 0. The lowest BCUT2D eigenvalue weighted by Crippen LogP contribution is -2.08. The van der Waals surface area contributed by atoms with Crippen LogP contribution < -0.4 is 0 Å². The Kier molecular flexibility index (Phi) is 8.55. The minimum absolute atomic E-state index is 0.371. The number of nitriles is 1. The lowest BCUT2D eigenvalue weighted by molar-refractivity contribution is -0.137. The summed E-state index contributed by atoms with van der Waals surface area (Å²) in [6.07, 6.45) is -4.54.